The van der Waals surface area contributed by atoms with Crippen molar-refractivity contribution >= 4 is 30.0 Å². The van der Waals surface area contributed by atoms with E-state index in [1.807, 2.05) is 13.8 Å². The highest BCUT2D eigenvalue weighted by Crippen LogP contribution is 2.46. The van der Waals surface area contributed by atoms with Gasteiger partial charge in [-0.2, -0.15) is 0 Å². The number of nitrogens with two attached hydrogens (primary N) is 2. The molecule has 2 heterocycles. The van der Waals surface area contributed by atoms with Crippen molar-refractivity contribution in [3.63, 3.8) is 0 Å². The number of nitrogens with one attached hydrogen (secondary N) is 1. The first-order valence-corrected chi connectivity index (χ1v) is 7.67. The summed E-state index contributed by atoms with van der Waals surface area (Å²) in [4.78, 5) is 20.3. The number of nitrogen functional groups attached to an aromatic ring is 1. The average Bonchev–Trinajstić information content (AvgIpc) is 2.87. The van der Waals surface area contributed by atoms with Crippen LogP contribution >= 0.6 is 12.4 Å². The summed E-state index contributed by atoms with van der Waals surface area (Å²) < 4.78 is 0. The molecule has 8 nitrogen and oxygen atoms in total. The quantitative estimate of drug-likeness (QED) is 0.611. The lowest BCUT2D eigenvalue weighted by Crippen LogP contribution is -2.46. The van der Waals surface area contributed by atoms with Crippen LogP contribution in [0.2, 0.25) is 0 Å². The number of carbonyl (C=O) groups is 1. The van der Waals surface area contributed by atoms with Gasteiger partial charge in [0.25, 0.3) is 0 Å². The Labute approximate surface area is 146 Å². The predicted octanol–water partition coefficient (Wildman–Crippen LogP) is 0.396. The Hall–Kier alpha value is -1.90. The SMILES string of the molecule is CC1(C)Cc2cnc(N)nc2C2=C1C(C(=O)O)N(CCCN)N2.Cl. The van der Waals surface area contributed by atoms with Crippen LogP contribution in [0.1, 0.15) is 31.5 Å². The van der Waals surface area contributed by atoms with E-state index in [1.165, 1.54) is 0 Å². The molecule has 0 saturated carbocycles. The molecule has 1 atom stereocenters. The standard InChI is InChI=1S/C15H22N6O2.ClH/c1-15(2)6-8-7-18-14(17)19-10(8)11-9(15)12(13(22)23)21(20-11)5-3-4-16;/h7,12,20H,3-6,16H2,1-2H3,(H,22,23)(H2,17,18,19);1H. The average molecular weight is 355 g/mol. The van der Waals surface area contributed by atoms with Gasteiger partial charge in [0.05, 0.1) is 11.4 Å². The minimum atomic E-state index is -0.877. The van der Waals surface area contributed by atoms with Gasteiger partial charge in [-0.05, 0) is 35.9 Å². The first-order chi connectivity index (χ1) is 10.8. The summed E-state index contributed by atoms with van der Waals surface area (Å²) in [5.41, 5.74) is 17.5. The minimum Gasteiger partial charge on any atom is -0.480 e. The van der Waals surface area contributed by atoms with Crippen LogP contribution < -0.4 is 16.9 Å². The number of hydrogen-bond donors (Lipinski definition) is 4. The smallest absolute Gasteiger partial charge is 0.327 e. The van der Waals surface area contributed by atoms with Crippen molar-refractivity contribution in [2.24, 2.45) is 11.1 Å². The lowest BCUT2D eigenvalue weighted by atomic mass is 9.71. The van der Waals surface area contributed by atoms with Crippen molar-refractivity contribution in [3.05, 3.63) is 23.0 Å². The summed E-state index contributed by atoms with van der Waals surface area (Å²) in [7, 11) is 0. The Bertz CT molecular complexity index is 691. The Morgan fingerprint density at radius 2 is 2.25 bits per heavy atom. The zero-order valence-electron chi connectivity index (χ0n) is 13.7. The lowest BCUT2D eigenvalue weighted by molar-refractivity contribution is -0.142. The number of hydrogen-bond acceptors (Lipinski definition) is 7. The van der Waals surface area contributed by atoms with Gasteiger partial charge in [0.1, 0.15) is 0 Å². The van der Waals surface area contributed by atoms with Crippen LogP contribution in [0, 0.1) is 5.41 Å². The molecule has 9 heteroatoms. The maximum absolute atomic E-state index is 11.9. The van der Waals surface area contributed by atoms with Gasteiger partial charge in [0.15, 0.2) is 6.04 Å². The molecule has 1 aromatic heterocycles. The Kier molecular flexibility index (Phi) is 5.03. The van der Waals surface area contributed by atoms with E-state index >= 15 is 0 Å². The molecule has 1 aliphatic carbocycles. The fraction of sp³-hybridized carbons (Fsp3) is 0.533. The minimum absolute atomic E-state index is 0. The molecule has 0 fully saturated rings. The maximum atomic E-state index is 11.9. The fourth-order valence-corrected chi connectivity index (χ4v) is 3.49. The molecular formula is C15H23ClN6O2. The van der Waals surface area contributed by atoms with Crippen molar-refractivity contribution in [2.45, 2.75) is 32.7 Å². The summed E-state index contributed by atoms with van der Waals surface area (Å²) in [5, 5.41) is 11.5. The molecule has 0 spiro atoms. The molecule has 2 aliphatic rings. The Balaban J connectivity index is 0.00000208. The summed E-state index contributed by atoms with van der Waals surface area (Å²) in [6.45, 7) is 5.15. The predicted molar refractivity (Wildman–Crippen MR) is 93.0 cm³/mol. The van der Waals surface area contributed by atoms with Crippen LogP contribution in [0.5, 0.6) is 0 Å². The van der Waals surface area contributed by atoms with E-state index in [9.17, 15) is 9.90 Å². The number of halogens is 1. The van der Waals surface area contributed by atoms with Gasteiger partial charge < -0.3 is 22.0 Å². The first-order valence-electron chi connectivity index (χ1n) is 7.67. The van der Waals surface area contributed by atoms with Crippen molar-refractivity contribution in [2.75, 3.05) is 18.8 Å². The second-order valence-corrected chi connectivity index (χ2v) is 6.64. The van der Waals surface area contributed by atoms with E-state index in [0.717, 1.165) is 16.8 Å². The zero-order valence-corrected chi connectivity index (χ0v) is 14.6. The van der Waals surface area contributed by atoms with E-state index in [2.05, 4.69) is 15.4 Å². The number of aliphatic carboxylic acids is 1. The molecule has 1 aromatic rings. The van der Waals surface area contributed by atoms with Crippen LogP contribution in [0.4, 0.5) is 5.95 Å². The van der Waals surface area contributed by atoms with Gasteiger partial charge in [-0.15, -0.1) is 12.4 Å². The largest absolute Gasteiger partial charge is 0.480 e. The molecule has 0 amide bonds. The number of rotatable bonds is 4. The highest BCUT2D eigenvalue weighted by Gasteiger charge is 2.48. The van der Waals surface area contributed by atoms with Gasteiger partial charge >= 0.3 is 5.97 Å². The number of carboxylic acids is 1. The van der Waals surface area contributed by atoms with Gasteiger partial charge in [0, 0.05) is 12.7 Å². The second-order valence-electron chi connectivity index (χ2n) is 6.64. The van der Waals surface area contributed by atoms with Crippen molar-refractivity contribution in [3.8, 4) is 0 Å². The molecule has 6 N–H and O–H groups in total. The monoisotopic (exact) mass is 354 g/mol. The molecule has 132 valence electrons. The summed E-state index contributed by atoms with van der Waals surface area (Å²) >= 11 is 0. The Morgan fingerprint density at radius 1 is 1.54 bits per heavy atom. The van der Waals surface area contributed by atoms with Crippen molar-refractivity contribution in [1.29, 1.82) is 0 Å². The number of nitrogens with zero attached hydrogens (tertiary/aromatic N) is 3. The van der Waals surface area contributed by atoms with Crippen LogP contribution in [0.15, 0.2) is 11.8 Å². The molecule has 0 saturated heterocycles. The van der Waals surface area contributed by atoms with Gasteiger partial charge in [-0.25, -0.2) is 15.0 Å². The van der Waals surface area contributed by atoms with E-state index in [-0.39, 0.29) is 23.8 Å². The van der Waals surface area contributed by atoms with Gasteiger partial charge in [-0.3, -0.25) is 4.79 Å². The maximum Gasteiger partial charge on any atom is 0.327 e. The molecule has 1 unspecified atom stereocenters. The van der Waals surface area contributed by atoms with Crippen molar-refractivity contribution < 1.29 is 9.90 Å². The molecule has 0 aromatic carbocycles. The van der Waals surface area contributed by atoms with Crippen LogP contribution in [0.3, 0.4) is 0 Å². The van der Waals surface area contributed by atoms with Crippen LogP contribution in [-0.2, 0) is 11.2 Å². The van der Waals surface area contributed by atoms with Crippen LogP contribution in [0.25, 0.3) is 5.70 Å². The molecule has 0 radical (unpaired) electrons. The zero-order chi connectivity index (χ0) is 16.8. The third kappa shape index (κ3) is 2.92. The van der Waals surface area contributed by atoms with E-state index in [0.29, 0.717) is 31.6 Å². The molecule has 3 rings (SSSR count). The number of hydrazine groups is 1. The third-order valence-corrected chi connectivity index (χ3v) is 4.43. The lowest BCUT2D eigenvalue weighted by Gasteiger charge is -2.34. The van der Waals surface area contributed by atoms with Gasteiger partial charge in [-0.1, -0.05) is 13.8 Å². The highest BCUT2D eigenvalue weighted by atomic mass is 35.5. The summed E-state index contributed by atoms with van der Waals surface area (Å²) in [6.07, 6.45) is 3.11. The normalized spacial score (nSPS) is 21.5. The van der Waals surface area contributed by atoms with E-state index in [4.69, 9.17) is 11.5 Å². The summed E-state index contributed by atoms with van der Waals surface area (Å²) in [6, 6.07) is -0.726. The van der Waals surface area contributed by atoms with Crippen LogP contribution in [-0.4, -0.2) is 45.2 Å². The molecule has 1 aliphatic heterocycles. The topological polar surface area (TPSA) is 130 Å². The first kappa shape index (κ1) is 18.4. The summed E-state index contributed by atoms with van der Waals surface area (Å²) in [5.74, 6) is -0.692. The number of fused-ring (bicyclic) bond motifs is 2. The van der Waals surface area contributed by atoms with Crippen molar-refractivity contribution in [1.82, 2.24) is 20.4 Å². The number of anilines is 1. The number of carboxylic acid groups (broad SMARTS) is 1. The second kappa shape index (κ2) is 6.54. The fourth-order valence-electron chi connectivity index (χ4n) is 3.49. The van der Waals surface area contributed by atoms with E-state index in [1.54, 1.807) is 11.2 Å². The van der Waals surface area contributed by atoms with E-state index < -0.39 is 12.0 Å². The molecule has 0 bridgehead atoms. The molecular weight excluding hydrogens is 332 g/mol. The van der Waals surface area contributed by atoms with Gasteiger partial charge in [0.2, 0.25) is 5.95 Å². The number of aromatic nitrogens is 2. The Morgan fingerprint density at radius 3 is 2.88 bits per heavy atom. The molecule has 24 heavy (non-hydrogen) atoms. The third-order valence-electron chi connectivity index (χ3n) is 4.43. The highest BCUT2D eigenvalue weighted by molar-refractivity contribution is 5.86.